The number of hydrogen-bond acceptors (Lipinski definition) is 6. The monoisotopic (exact) mass is 360 g/mol. The number of hydrogen-bond donors (Lipinski definition) is 4. The summed E-state index contributed by atoms with van der Waals surface area (Å²) in [4.78, 5) is 16.3. The molecule has 0 spiro atoms. The van der Waals surface area contributed by atoms with Gasteiger partial charge in [-0.25, -0.2) is 9.97 Å². The van der Waals surface area contributed by atoms with Crippen LogP contribution in [0.5, 0.6) is 0 Å². The van der Waals surface area contributed by atoms with Gasteiger partial charge < -0.3 is 15.6 Å². The van der Waals surface area contributed by atoms with Crippen molar-refractivity contribution < 1.29 is 0 Å². The van der Waals surface area contributed by atoms with Crippen LogP contribution in [0.1, 0.15) is 43.0 Å². The first-order valence-electron chi connectivity index (χ1n) is 9.09. The van der Waals surface area contributed by atoms with E-state index in [9.17, 15) is 0 Å². The predicted molar refractivity (Wildman–Crippen MR) is 104 cm³/mol. The molecule has 4 aromatic rings. The summed E-state index contributed by atoms with van der Waals surface area (Å²) in [5.74, 6) is 2.69. The molecular weight excluding hydrogens is 340 g/mol. The lowest BCUT2D eigenvalue weighted by Crippen LogP contribution is -2.10. The molecule has 27 heavy (non-hydrogen) atoms. The number of benzene rings is 1. The van der Waals surface area contributed by atoms with E-state index in [2.05, 4.69) is 65.9 Å². The molecule has 1 aromatic carbocycles. The van der Waals surface area contributed by atoms with Crippen molar-refractivity contribution >= 4 is 28.6 Å². The maximum Gasteiger partial charge on any atom is 0.225 e. The van der Waals surface area contributed by atoms with Crippen molar-refractivity contribution in [2.75, 3.05) is 10.6 Å². The van der Waals surface area contributed by atoms with Crippen LogP contribution >= 0.6 is 0 Å². The highest BCUT2D eigenvalue weighted by atomic mass is 15.2. The third-order valence-electron chi connectivity index (χ3n) is 4.82. The van der Waals surface area contributed by atoms with Crippen molar-refractivity contribution in [3.05, 3.63) is 54.1 Å². The normalized spacial score (nSPS) is 15.0. The van der Waals surface area contributed by atoms with Crippen molar-refractivity contribution in [3.8, 4) is 0 Å². The van der Waals surface area contributed by atoms with Gasteiger partial charge in [0.2, 0.25) is 5.95 Å². The minimum atomic E-state index is 0.0554. The molecule has 5 rings (SSSR count). The quantitative estimate of drug-likeness (QED) is 0.416. The largest absolute Gasteiger partial charge is 0.348 e. The lowest BCUT2D eigenvalue weighted by Gasteiger charge is -2.14. The second-order valence-electron chi connectivity index (χ2n) is 6.92. The number of rotatable bonds is 6. The second-order valence-corrected chi connectivity index (χ2v) is 6.92. The molecule has 0 aliphatic heterocycles. The molecule has 136 valence electrons. The highest BCUT2D eigenvalue weighted by molar-refractivity contribution is 5.75. The molecule has 1 fully saturated rings. The Labute approximate surface area is 155 Å². The maximum absolute atomic E-state index is 4.55. The fourth-order valence-electron chi connectivity index (χ4n) is 3.13. The van der Waals surface area contributed by atoms with Gasteiger partial charge in [-0.05, 0) is 43.5 Å². The lowest BCUT2D eigenvalue weighted by atomic mass is 10.1. The van der Waals surface area contributed by atoms with Crippen LogP contribution in [0.2, 0.25) is 0 Å². The standard InChI is InChI=1S/C19H20N8/c1-11(13-4-5-14-16(8-13)22-10-21-14)23-19-20-7-6-17(25-19)24-18-9-15(26-27-18)12-2-3-12/h4-12H,2-3H2,1H3,(H,21,22)(H3,20,23,24,25,26,27). The number of imidazole rings is 1. The van der Waals surface area contributed by atoms with Gasteiger partial charge in [0.15, 0.2) is 5.82 Å². The molecule has 0 bridgehead atoms. The van der Waals surface area contributed by atoms with Crippen LogP contribution in [-0.4, -0.2) is 30.1 Å². The van der Waals surface area contributed by atoms with Gasteiger partial charge in [0.25, 0.3) is 0 Å². The van der Waals surface area contributed by atoms with Crippen LogP contribution in [0, 0.1) is 0 Å². The van der Waals surface area contributed by atoms with Crippen molar-refractivity contribution in [2.45, 2.75) is 31.7 Å². The van der Waals surface area contributed by atoms with Crippen LogP contribution in [-0.2, 0) is 0 Å². The zero-order valence-electron chi connectivity index (χ0n) is 14.9. The summed E-state index contributed by atoms with van der Waals surface area (Å²) in [5.41, 5.74) is 4.29. The second kappa shape index (κ2) is 6.39. The van der Waals surface area contributed by atoms with Crippen LogP contribution in [0.25, 0.3) is 11.0 Å². The Bertz CT molecular complexity index is 1080. The number of aromatic nitrogens is 6. The minimum absolute atomic E-state index is 0.0554. The number of aromatic amines is 2. The van der Waals surface area contributed by atoms with E-state index < -0.39 is 0 Å². The summed E-state index contributed by atoms with van der Waals surface area (Å²) in [6.07, 6.45) is 5.92. The molecule has 1 aliphatic rings. The van der Waals surface area contributed by atoms with Gasteiger partial charge in [-0.1, -0.05) is 6.07 Å². The molecule has 0 saturated heterocycles. The number of fused-ring (bicyclic) bond motifs is 1. The first-order chi connectivity index (χ1) is 13.2. The number of H-pyrrole nitrogens is 2. The predicted octanol–water partition coefficient (Wildman–Crippen LogP) is 3.87. The Morgan fingerprint density at radius 2 is 2.04 bits per heavy atom. The Morgan fingerprint density at radius 1 is 1.11 bits per heavy atom. The summed E-state index contributed by atoms with van der Waals surface area (Å²) in [7, 11) is 0. The molecule has 1 unspecified atom stereocenters. The van der Waals surface area contributed by atoms with E-state index in [1.165, 1.54) is 18.5 Å². The summed E-state index contributed by atoms with van der Waals surface area (Å²) in [5, 5.41) is 14.0. The molecule has 1 atom stereocenters. The fourth-order valence-corrected chi connectivity index (χ4v) is 3.13. The van der Waals surface area contributed by atoms with Gasteiger partial charge in [0.05, 0.1) is 23.4 Å². The zero-order chi connectivity index (χ0) is 18.2. The summed E-state index contributed by atoms with van der Waals surface area (Å²) >= 11 is 0. The molecule has 3 heterocycles. The van der Waals surface area contributed by atoms with Gasteiger partial charge in [-0.2, -0.15) is 10.1 Å². The van der Waals surface area contributed by atoms with Gasteiger partial charge in [-0.3, -0.25) is 5.10 Å². The van der Waals surface area contributed by atoms with E-state index in [1.807, 2.05) is 12.1 Å². The molecule has 0 radical (unpaired) electrons. The van der Waals surface area contributed by atoms with E-state index in [0.717, 1.165) is 22.4 Å². The molecular formula is C19H20N8. The molecule has 0 amide bonds. The molecule has 3 aromatic heterocycles. The highest BCUT2D eigenvalue weighted by Crippen LogP contribution is 2.39. The number of nitrogens with zero attached hydrogens (tertiary/aromatic N) is 4. The van der Waals surface area contributed by atoms with E-state index >= 15 is 0 Å². The first kappa shape index (κ1) is 15.8. The van der Waals surface area contributed by atoms with E-state index in [-0.39, 0.29) is 6.04 Å². The van der Waals surface area contributed by atoms with Crippen molar-refractivity contribution in [3.63, 3.8) is 0 Å². The summed E-state index contributed by atoms with van der Waals surface area (Å²) in [6, 6.07) is 10.1. The fraction of sp³-hybridized carbons (Fsp3) is 0.263. The molecule has 1 saturated carbocycles. The Kier molecular flexibility index (Phi) is 3.74. The average Bonchev–Trinajstić information content (AvgIpc) is 3.23. The van der Waals surface area contributed by atoms with Crippen LogP contribution < -0.4 is 10.6 Å². The third-order valence-corrected chi connectivity index (χ3v) is 4.82. The average molecular weight is 360 g/mol. The molecule has 8 nitrogen and oxygen atoms in total. The third kappa shape index (κ3) is 3.33. The smallest absolute Gasteiger partial charge is 0.225 e. The molecule has 4 N–H and O–H groups in total. The van der Waals surface area contributed by atoms with Crippen molar-refractivity contribution in [1.29, 1.82) is 0 Å². The van der Waals surface area contributed by atoms with Gasteiger partial charge in [-0.15, -0.1) is 0 Å². The summed E-state index contributed by atoms with van der Waals surface area (Å²) in [6.45, 7) is 2.08. The van der Waals surface area contributed by atoms with Crippen LogP contribution in [0.15, 0.2) is 42.9 Å². The molecule has 8 heteroatoms. The lowest BCUT2D eigenvalue weighted by molar-refractivity contribution is 0.862. The minimum Gasteiger partial charge on any atom is -0.348 e. The van der Waals surface area contributed by atoms with E-state index in [1.54, 1.807) is 12.5 Å². The Morgan fingerprint density at radius 3 is 2.93 bits per heavy atom. The van der Waals surface area contributed by atoms with E-state index in [4.69, 9.17) is 0 Å². The highest BCUT2D eigenvalue weighted by Gasteiger charge is 2.25. The molecule has 1 aliphatic carbocycles. The summed E-state index contributed by atoms with van der Waals surface area (Å²) < 4.78 is 0. The van der Waals surface area contributed by atoms with Crippen molar-refractivity contribution in [2.24, 2.45) is 0 Å². The van der Waals surface area contributed by atoms with Gasteiger partial charge in [0.1, 0.15) is 5.82 Å². The number of anilines is 3. The van der Waals surface area contributed by atoms with Crippen LogP contribution in [0.4, 0.5) is 17.6 Å². The SMILES string of the molecule is CC(Nc1nccc(Nc2cc(C3CC3)[nH]n2)n1)c1ccc2nc[nH]c2c1. The number of nitrogens with one attached hydrogen (secondary N) is 4. The topological polar surface area (TPSA) is 107 Å². The Balaban J connectivity index is 1.30. The Hall–Kier alpha value is -3.42. The van der Waals surface area contributed by atoms with Crippen molar-refractivity contribution in [1.82, 2.24) is 30.1 Å². The first-order valence-corrected chi connectivity index (χ1v) is 9.09. The van der Waals surface area contributed by atoms with Crippen LogP contribution in [0.3, 0.4) is 0 Å². The van der Waals surface area contributed by atoms with E-state index in [0.29, 0.717) is 17.7 Å². The maximum atomic E-state index is 4.55. The zero-order valence-corrected chi connectivity index (χ0v) is 14.9. The van der Waals surface area contributed by atoms with Gasteiger partial charge >= 0.3 is 0 Å². The van der Waals surface area contributed by atoms with Gasteiger partial charge in [0, 0.05) is 23.9 Å².